The van der Waals surface area contributed by atoms with Crippen LogP contribution in [0.15, 0.2) is 18.3 Å². The molecule has 2 rings (SSSR count). The maximum atomic E-state index is 13.2. The lowest BCUT2D eigenvalue weighted by Crippen LogP contribution is -2.11. The molecule has 0 radical (unpaired) electrons. The van der Waals surface area contributed by atoms with E-state index in [1.807, 2.05) is 0 Å². The molecule has 1 heterocycles. The van der Waals surface area contributed by atoms with E-state index in [9.17, 15) is 17.6 Å². The summed E-state index contributed by atoms with van der Waals surface area (Å²) in [6.45, 7) is -0.105. The average Bonchev–Trinajstić information content (AvgIpc) is 2.77. The summed E-state index contributed by atoms with van der Waals surface area (Å²) in [6.07, 6.45) is 1.53. The maximum Gasteiger partial charge on any atom is 0.203 e. The van der Waals surface area contributed by atoms with Crippen molar-refractivity contribution in [3.05, 3.63) is 41.6 Å². The molecule has 0 aliphatic carbocycles. The number of anilines is 1. The van der Waals surface area contributed by atoms with Crippen LogP contribution in [-0.2, 0) is 6.54 Å². The van der Waals surface area contributed by atoms with Gasteiger partial charge < -0.3 is 10.5 Å². The number of nitrogen functional groups attached to an aromatic ring is 1. The van der Waals surface area contributed by atoms with Crippen molar-refractivity contribution in [2.75, 3.05) is 12.3 Å². The van der Waals surface area contributed by atoms with Crippen molar-refractivity contribution in [3.8, 4) is 5.75 Å². The molecule has 0 saturated carbocycles. The van der Waals surface area contributed by atoms with Crippen molar-refractivity contribution >= 4 is 5.82 Å². The molecule has 0 spiro atoms. The normalized spacial score (nSPS) is 10.7. The van der Waals surface area contributed by atoms with Crippen LogP contribution in [0.25, 0.3) is 0 Å². The number of benzene rings is 1. The Morgan fingerprint density at radius 2 is 1.79 bits per heavy atom. The van der Waals surface area contributed by atoms with E-state index in [1.165, 1.54) is 16.9 Å². The van der Waals surface area contributed by atoms with Crippen LogP contribution in [-0.4, -0.2) is 16.4 Å². The van der Waals surface area contributed by atoms with Crippen molar-refractivity contribution in [2.45, 2.75) is 6.54 Å². The Kier molecular flexibility index (Phi) is 3.59. The Hall–Kier alpha value is -2.25. The number of ether oxygens (including phenoxy) is 1. The molecule has 0 aliphatic rings. The molecule has 4 nitrogen and oxygen atoms in total. The third kappa shape index (κ3) is 2.78. The number of hydrogen-bond acceptors (Lipinski definition) is 3. The first kappa shape index (κ1) is 13.2. The Balaban J connectivity index is 2.07. The summed E-state index contributed by atoms with van der Waals surface area (Å²) in [4.78, 5) is 0. The second kappa shape index (κ2) is 5.17. The molecule has 0 saturated heterocycles. The number of aromatic nitrogens is 2. The van der Waals surface area contributed by atoms with E-state index in [4.69, 9.17) is 10.5 Å². The molecule has 2 N–H and O–H groups in total. The van der Waals surface area contributed by atoms with E-state index in [2.05, 4.69) is 5.10 Å². The predicted octanol–water partition coefficient (Wildman–Crippen LogP) is 2.10. The Morgan fingerprint density at radius 1 is 1.16 bits per heavy atom. The average molecular weight is 275 g/mol. The molecule has 0 fully saturated rings. The zero-order valence-corrected chi connectivity index (χ0v) is 9.54. The molecule has 1 aromatic carbocycles. The lowest BCUT2D eigenvalue weighted by atomic mass is 10.3. The maximum absolute atomic E-state index is 13.2. The molecular formula is C11H9F4N3O. The zero-order chi connectivity index (χ0) is 14.0. The minimum Gasteiger partial charge on any atom is -0.485 e. The molecular weight excluding hydrogens is 266 g/mol. The van der Waals surface area contributed by atoms with Crippen molar-refractivity contribution in [1.82, 2.24) is 9.78 Å². The summed E-state index contributed by atoms with van der Waals surface area (Å²) in [5.41, 5.74) is 5.36. The largest absolute Gasteiger partial charge is 0.485 e. The quantitative estimate of drug-likeness (QED) is 0.686. The van der Waals surface area contributed by atoms with E-state index in [0.29, 0.717) is 0 Å². The summed E-state index contributed by atoms with van der Waals surface area (Å²) >= 11 is 0. The van der Waals surface area contributed by atoms with Crippen LogP contribution in [0.1, 0.15) is 0 Å². The summed E-state index contributed by atoms with van der Waals surface area (Å²) in [6, 6.07) is 1.63. The van der Waals surface area contributed by atoms with E-state index in [1.54, 1.807) is 0 Å². The van der Waals surface area contributed by atoms with Gasteiger partial charge in [0.25, 0.3) is 0 Å². The lowest BCUT2D eigenvalue weighted by Gasteiger charge is -2.09. The third-order valence-electron chi connectivity index (χ3n) is 2.30. The van der Waals surface area contributed by atoms with Gasteiger partial charge in [-0.25, -0.2) is 8.78 Å². The van der Waals surface area contributed by atoms with Gasteiger partial charge in [0.1, 0.15) is 12.4 Å². The van der Waals surface area contributed by atoms with Gasteiger partial charge in [-0.2, -0.15) is 13.9 Å². The second-order valence-electron chi connectivity index (χ2n) is 3.65. The van der Waals surface area contributed by atoms with Gasteiger partial charge in [-0.1, -0.05) is 0 Å². The van der Waals surface area contributed by atoms with Gasteiger partial charge in [0.2, 0.25) is 11.6 Å². The van der Waals surface area contributed by atoms with Crippen LogP contribution >= 0.6 is 0 Å². The minimum atomic E-state index is -1.57. The molecule has 0 unspecified atom stereocenters. The predicted molar refractivity (Wildman–Crippen MR) is 58.4 cm³/mol. The fourth-order valence-corrected chi connectivity index (χ4v) is 1.42. The number of halogens is 4. The zero-order valence-electron chi connectivity index (χ0n) is 9.54. The Morgan fingerprint density at radius 3 is 2.32 bits per heavy atom. The fraction of sp³-hybridized carbons (Fsp3) is 0.182. The van der Waals surface area contributed by atoms with Crippen molar-refractivity contribution < 1.29 is 22.3 Å². The lowest BCUT2D eigenvalue weighted by molar-refractivity contribution is 0.254. The van der Waals surface area contributed by atoms with Gasteiger partial charge >= 0.3 is 0 Å². The van der Waals surface area contributed by atoms with Gasteiger partial charge in [-0.05, 0) is 6.07 Å². The van der Waals surface area contributed by atoms with Crippen LogP contribution < -0.4 is 10.5 Å². The molecule has 102 valence electrons. The highest BCUT2D eigenvalue weighted by Crippen LogP contribution is 2.26. The topological polar surface area (TPSA) is 53.1 Å². The number of nitrogens with two attached hydrogens (primary N) is 1. The van der Waals surface area contributed by atoms with Gasteiger partial charge in [0.05, 0.1) is 6.54 Å². The molecule has 8 heteroatoms. The summed E-state index contributed by atoms with van der Waals surface area (Å²) in [5, 5.41) is 3.80. The van der Waals surface area contributed by atoms with Gasteiger partial charge in [0, 0.05) is 12.3 Å². The van der Waals surface area contributed by atoms with Gasteiger partial charge in [0.15, 0.2) is 17.4 Å². The molecule has 1 aromatic heterocycles. The SMILES string of the molecule is Nc1ccn(CCOc2c(F)c(F)cc(F)c2F)n1. The molecule has 0 atom stereocenters. The molecule has 0 bridgehead atoms. The van der Waals surface area contributed by atoms with E-state index >= 15 is 0 Å². The molecule has 0 amide bonds. The molecule has 2 aromatic rings. The van der Waals surface area contributed by atoms with E-state index < -0.39 is 29.0 Å². The second-order valence-corrected chi connectivity index (χ2v) is 3.65. The summed E-state index contributed by atoms with van der Waals surface area (Å²) < 4.78 is 58.3. The highest BCUT2D eigenvalue weighted by molar-refractivity contribution is 5.28. The first-order valence-corrected chi connectivity index (χ1v) is 5.23. The summed E-state index contributed by atoms with van der Waals surface area (Å²) in [7, 11) is 0. The third-order valence-corrected chi connectivity index (χ3v) is 2.30. The highest BCUT2D eigenvalue weighted by atomic mass is 19.2. The molecule has 0 aliphatic heterocycles. The van der Waals surface area contributed by atoms with Gasteiger partial charge in [-0.3, -0.25) is 4.68 Å². The Bertz CT molecular complexity index is 574. The van der Waals surface area contributed by atoms with Crippen LogP contribution in [0.3, 0.4) is 0 Å². The number of rotatable bonds is 4. The van der Waals surface area contributed by atoms with Crippen LogP contribution in [0.5, 0.6) is 5.75 Å². The van der Waals surface area contributed by atoms with Crippen molar-refractivity contribution in [1.29, 1.82) is 0 Å². The van der Waals surface area contributed by atoms with Crippen LogP contribution in [0, 0.1) is 23.3 Å². The monoisotopic (exact) mass is 275 g/mol. The van der Waals surface area contributed by atoms with Crippen LogP contribution in [0.4, 0.5) is 23.4 Å². The minimum absolute atomic E-state index is 0.117. The first-order valence-electron chi connectivity index (χ1n) is 5.23. The van der Waals surface area contributed by atoms with E-state index in [-0.39, 0.29) is 25.0 Å². The van der Waals surface area contributed by atoms with Crippen molar-refractivity contribution in [3.63, 3.8) is 0 Å². The Labute approximate surface area is 105 Å². The van der Waals surface area contributed by atoms with Crippen LogP contribution in [0.2, 0.25) is 0 Å². The molecule has 19 heavy (non-hydrogen) atoms. The van der Waals surface area contributed by atoms with Gasteiger partial charge in [-0.15, -0.1) is 0 Å². The number of hydrogen-bond donors (Lipinski definition) is 1. The van der Waals surface area contributed by atoms with Crippen molar-refractivity contribution in [2.24, 2.45) is 0 Å². The first-order chi connectivity index (χ1) is 8.99. The van der Waals surface area contributed by atoms with E-state index in [0.717, 1.165) is 0 Å². The highest BCUT2D eigenvalue weighted by Gasteiger charge is 2.20. The summed E-state index contributed by atoms with van der Waals surface area (Å²) in [5.74, 6) is -6.99. The smallest absolute Gasteiger partial charge is 0.203 e. The number of nitrogens with zero attached hydrogens (tertiary/aromatic N) is 2. The fourth-order valence-electron chi connectivity index (χ4n) is 1.42. The standard InChI is InChI=1S/C11H9F4N3O/c12-6-5-7(13)10(15)11(9(6)14)19-4-3-18-2-1-8(16)17-18/h1-2,5H,3-4H2,(H2,16,17).